The van der Waals surface area contributed by atoms with Gasteiger partial charge in [0.05, 0.1) is 18.9 Å². The van der Waals surface area contributed by atoms with E-state index in [-0.39, 0.29) is 29.5 Å². The van der Waals surface area contributed by atoms with E-state index in [2.05, 4.69) is 27.4 Å². The van der Waals surface area contributed by atoms with Crippen LogP contribution in [0.3, 0.4) is 0 Å². The van der Waals surface area contributed by atoms with Crippen LogP contribution in [0.25, 0.3) is 0 Å². The van der Waals surface area contributed by atoms with E-state index in [0.29, 0.717) is 34.5 Å². The summed E-state index contributed by atoms with van der Waals surface area (Å²) in [6.07, 6.45) is 1.74. The number of nitrogens with one attached hydrogen (secondary N) is 2. The molecule has 3 aromatic rings. The van der Waals surface area contributed by atoms with Crippen LogP contribution in [0.15, 0.2) is 66.3 Å². The van der Waals surface area contributed by atoms with Gasteiger partial charge in [0.2, 0.25) is 5.91 Å². The Bertz CT molecular complexity index is 1170. The number of aromatic nitrogens is 3. The summed E-state index contributed by atoms with van der Waals surface area (Å²) < 4.78 is 7.08. The Labute approximate surface area is 210 Å². The third-order valence-corrected chi connectivity index (χ3v) is 6.25. The lowest BCUT2D eigenvalue weighted by atomic mass is 10.0. The van der Waals surface area contributed by atoms with Gasteiger partial charge in [0.25, 0.3) is 5.91 Å². The number of allylic oxidation sites excluding steroid dienone is 1. The number of nitrogens with zero attached hydrogens (tertiary/aromatic N) is 3. The Morgan fingerprint density at radius 3 is 2.57 bits per heavy atom. The maximum absolute atomic E-state index is 12.9. The van der Waals surface area contributed by atoms with Gasteiger partial charge in [-0.25, -0.2) is 0 Å². The smallest absolute Gasteiger partial charge is 0.251 e. The molecular weight excluding hydrogens is 462 g/mol. The zero-order valence-electron chi connectivity index (χ0n) is 20.4. The van der Waals surface area contributed by atoms with Crippen LogP contribution in [0.5, 0.6) is 5.75 Å². The topological polar surface area (TPSA) is 98.1 Å². The van der Waals surface area contributed by atoms with Crippen molar-refractivity contribution in [1.29, 1.82) is 0 Å². The molecule has 8 nitrogen and oxygen atoms in total. The average molecular weight is 494 g/mol. The number of hydrogen-bond acceptors (Lipinski definition) is 6. The van der Waals surface area contributed by atoms with Crippen LogP contribution >= 0.6 is 11.8 Å². The van der Waals surface area contributed by atoms with Gasteiger partial charge in [-0.1, -0.05) is 55.4 Å². The molecule has 184 valence electrons. The number of amides is 2. The van der Waals surface area contributed by atoms with Crippen LogP contribution in [-0.4, -0.2) is 39.4 Å². The van der Waals surface area contributed by atoms with Crippen LogP contribution < -0.4 is 15.4 Å². The molecule has 0 spiro atoms. The highest BCUT2D eigenvalue weighted by molar-refractivity contribution is 7.99. The lowest BCUT2D eigenvalue weighted by molar-refractivity contribution is -0.113. The number of carbonyl (C=O) groups is 2. The van der Waals surface area contributed by atoms with Gasteiger partial charge in [-0.15, -0.1) is 16.8 Å². The van der Waals surface area contributed by atoms with Gasteiger partial charge >= 0.3 is 0 Å². The van der Waals surface area contributed by atoms with Gasteiger partial charge in [0, 0.05) is 23.9 Å². The highest BCUT2D eigenvalue weighted by atomic mass is 32.2. The van der Waals surface area contributed by atoms with Crippen LogP contribution in [0.4, 0.5) is 5.69 Å². The first-order valence-electron chi connectivity index (χ1n) is 11.3. The standard InChI is InChI=1S/C26H31N5O3S/c1-6-14-31-24(23(17(2)3)28-25(33)19-12-10-18(4)11-13-19)29-30-26(31)35-16-22(32)27-20-8-7-9-21(15-20)34-5/h6-13,15,17,23H,1,14,16H2,2-5H3,(H,27,32)(H,28,33)/t23-/m1/s1. The summed E-state index contributed by atoms with van der Waals surface area (Å²) in [6, 6.07) is 14.2. The Hall–Kier alpha value is -3.59. The van der Waals surface area contributed by atoms with Crippen molar-refractivity contribution in [1.82, 2.24) is 20.1 Å². The highest BCUT2D eigenvalue weighted by Crippen LogP contribution is 2.26. The van der Waals surface area contributed by atoms with Gasteiger partial charge in [0.15, 0.2) is 11.0 Å². The minimum atomic E-state index is -0.365. The molecule has 0 unspecified atom stereocenters. The normalized spacial score (nSPS) is 11.7. The molecule has 0 fully saturated rings. The molecule has 2 N–H and O–H groups in total. The van der Waals surface area contributed by atoms with Crippen LogP contribution in [0.1, 0.15) is 41.6 Å². The molecule has 0 saturated carbocycles. The second-order valence-corrected chi connectivity index (χ2v) is 9.31. The number of anilines is 1. The zero-order valence-corrected chi connectivity index (χ0v) is 21.3. The fourth-order valence-electron chi connectivity index (χ4n) is 3.42. The molecule has 0 aliphatic rings. The fraction of sp³-hybridized carbons (Fsp3) is 0.308. The molecule has 0 bridgehead atoms. The minimum absolute atomic E-state index is 0.0615. The van der Waals surface area contributed by atoms with Crippen molar-refractivity contribution >= 4 is 29.3 Å². The van der Waals surface area contributed by atoms with Gasteiger partial charge < -0.3 is 19.9 Å². The molecule has 2 aromatic carbocycles. The number of aryl methyl sites for hydroxylation is 1. The molecule has 2 amide bonds. The fourth-order valence-corrected chi connectivity index (χ4v) is 4.18. The summed E-state index contributed by atoms with van der Waals surface area (Å²) in [6.45, 7) is 10.3. The summed E-state index contributed by atoms with van der Waals surface area (Å²) in [7, 11) is 1.58. The van der Waals surface area contributed by atoms with Crippen molar-refractivity contribution < 1.29 is 14.3 Å². The summed E-state index contributed by atoms with van der Waals surface area (Å²) in [4.78, 5) is 25.4. The molecule has 0 radical (unpaired) electrons. The Kier molecular flexibility index (Phi) is 9.08. The second-order valence-electron chi connectivity index (χ2n) is 8.37. The van der Waals surface area contributed by atoms with E-state index >= 15 is 0 Å². The maximum Gasteiger partial charge on any atom is 0.251 e. The van der Waals surface area contributed by atoms with Crippen molar-refractivity contribution in [2.45, 2.75) is 38.5 Å². The molecular formula is C26H31N5O3S. The van der Waals surface area contributed by atoms with Gasteiger partial charge in [-0.05, 0) is 37.1 Å². The van der Waals surface area contributed by atoms with Gasteiger partial charge in [0.1, 0.15) is 5.75 Å². The Morgan fingerprint density at radius 2 is 1.91 bits per heavy atom. The first-order chi connectivity index (χ1) is 16.8. The molecule has 35 heavy (non-hydrogen) atoms. The molecule has 3 rings (SSSR count). The quantitative estimate of drug-likeness (QED) is 0.298. The lowest BCUT2D eigenvalue weighted by Gasteiger charge is -2.22. The van der Waals surface area contributed by atoms with Gasteiger partial charge in [-0.2, -0.15) is 0 Å². The van der Waals surface area contributed by atoms with Crippen molar-refractivity contribution in [3.63, 3.8) is 0 Å². The van der Waals surface area contributed by atoms with E-state index in [4.69, 9.17) is 4.74 Å². The maximum atomic E-state index is 12.9. The zero-order chi connectivity index (χ0) is 25.4. The summed E-state index contributed by atoms with van der Waals surface area (Å²) >= 11 is 1.28. The monoisotopic (exact) mass is 493 g/mol. The summed E-state index contributed by atoms with van der Waals surface area (Å²) in [5, 5.41) is 15.2. The molecule has 1 aromatic heterocycles. The van der Waals surface area contributed by atoms with E-state index < -0.39 is 0 Å². The largest absolute Gasteiger partial charge is 0.497 e. The van der Waals surface area contributed by atoms with Crippen molar-refractivity contribution in [2.24, 2.45) is 5.92 Å². The molecule has 0 aliphatic heterocycles. The Balaban J connectivity index is 1.73. The first kappa shape index (κ1) is 26.0. The number of benzene rings is 2. The third kappa shape index (κ3) is 6.95. The lowest BCUT2D eigenvalue weighted by Crippen LogP contribution is -2.33. The number of thioether (sulfide) groups is 1. The predicted molar refractivity (Wildman–Crippen MR) is 139 cm³/mol. The molecule has 1 heterocycles. The van der Waals surface area contributed by atoms with E-state index in [1.54, 1.807) is 37.5 Å². The molecule has 9 heteroatoms. The predicted octanol–water partition coefficient (Wildman–Crippen LogP) is 4.64. The van der Waals surface area contributed by atoms with Crippen LogP contribution in [0, 0.1) is 12.8 Å². The van der Waals surface area contributed by atoms with Gasteiger partial charge in [-0.3, -0.25) is 9.59 Å². The first-order valence-corrected chi connectivity index (χ1v) is 12.3. The van der Waals surface area contributed by atoms with E-state index in [1.807, 2.05) is 49.6 Å². The minimum Gasteiger partial charge on any atom is -0.497 e. The number of rotatable bonds is 11. The number of methoxy groups -OCH3 is 1. The van der Waals surface area contributed by atoms with E-state index in [9.17, 15) is 9.59 Å². The van der Waals surface area contributed by atoms with Crippen molar-refractivity contribution in [3.05, 3.63) is 78.1 Å². The average Bonchev–Trinajstić information content (AvgIpc) is 3.23. The van der Waals surface area contributed by atoms with Crippen LogP contribution in [0.2, 0.25) is 0 Å². The number of ether oxygens (including phenoxy) is 1. The van der Waals surface area contributed by atoms with E-state index in [0.717, 1.165) is 5.56 Å². The number of carbonyl (C=O) groups excluding carboxylic acids is 2. The van der Waals surface area contributed by atoms with Crippen molar-refractivity contribution in [2.75, 3.05) is 18.2 Å². The second kappa shape index (κ2) is 12.2. The Morgan fingerprint density at radius 1 is 1.17 bits per heavy atom. The molecule has 1 atom stereocenters. The van der Waals surface area contributed by atoms with E-state index in [1.165, 1.54) is 11.8 Å². The summed E-state index contributed by atoms with van der Waals surface area (Å²) in [5.41, 5.74) is 2.33. The molecule has 0 aliphatic carbocycles. The highest BCUT2D eigenvalue weighted by Gasteiger charge is 2.26. The summed E-state index contributed by atoms with van der Waals surface area (Å²) in [5.74, 6) is 1.14. The number of hydrogen-bond donors (Lipinski definition) is 2. The van der Waals surface area contributed by atoms with Crippen LogP contribution in [-0.2, 0) is 11.3 Å². The third-order valence-electron chi connectivity index (χ3n) is 5.29. The SMILES string of the molecule is C=CCn1c(SCC(=O)Nc2cccc(OC)c2)nnc1[C@H](NC(=O)c1ccc(C)cc1)C(C)C. The van der Waals surface area contributed by atoms with Crippen molar-refractivity contribution in [3.8, 4) is 5.75 Å². The molecule has 0 saturated heterocycles.